The minimum atomic E-state index is -3.73. The van der Waals surface area contributed by atoms with Crippen LogP contribution in [0.4, 0.5) is 4.79 Å². The highest BCUT2D eigenvalue weighted by molar-refractivity contribution is 7.86. The number of urea groups is 1. The van der Waals surface area contributed by atoms with Crippen molar-refractivity contribution < 1.29 is 32.4 Å². The van der Waals surface area contributed by atoms with E-state index in [0.717, 1.165) is 19.3 Å². The molecule has 292 valence electrons. The highest BCUT2D eigenvalue weighted by Crippen LogP contribution is 2.33. The molecule has 0 radical (unpaired) electrons. The summed E-state index contributed by atoms with van der Waals surface area (Å²) in [5.74, 6) is -2.76. The molecule has 1 unspecified atom stereocenters. The average molecular weight is 740 g/mol. The maximum absolute atomic E-state index is 14.4. The summed E-state index contributed by atoms with van der Waals surface area (Å²) in [6.45, 7) is 21.8. The van der Waals surface area contributed by atoms with E-state index in [1.165, 1.54) is 26.6 Å². The van der Waals surface area contributed by atoms with Gasteiger partial charge in [-0.3, -0.25) is 19.2 Å². The van der Waals surface area contributed by atoms with Crippen molar-refractivity contribution in [2.75, 3.05) is 39.8 Å². The van der Waals surface area contributed by atoms with Gasteiger partial charge in [0.05, 0.1) is 6.04 Å². The van der Waals surface area contributed by atoms with Gasteiger partial charge in [0, 0.05) is 45.8 Å². The van der Waals surface area contributed by atoms with Crippen molar-refractivity contribution in [2.45, 2.75) is 125 Å². The summed E-state index contributed by atoms with van der Waals surface area (Å²) in [6.07, 6.45) is 5.38. The van der Waals surface area contributed by atoms with Crippen LogP contribution < -0.4 is 21.3 Å². The highest BCUT2D eigenvalue weighted by Gasteiger charge is 2.48. The molecular weight excluding hydrogens is 675 g/mol. The minimum Gasteiger partial charge on any atom is -0.346 e. The SMILES string of the molecule is C=CCNC(=O)C(=O)C(CCC)NC(=O)[C@@H]1[C@@H](C(C)C)CCN1C(=O)[C@@H](NC(=O)N[C@H](CN(C)S(=O)(=O)N1CCCCC1)C(C)(C)C)C(C)(C)C. The van der Waals surface area contributed by atoms with E-state index in [1.807, 2.05) is 62.3 Å². The van der Waals surface area contributed by atoms with Crippen LogP contribution in [-0.2, 0) is 29.4 Å². The summed E-state index contributed by atoms with van der Waals surface area (Å²) < 4.78 is 29.5. The topological polar surface area (TPSA) is 177 Å². The Kier molecular flexibility index (Phi) is 16.1. The third-order valence-corrected chi connectivity index (χ3v) is 11.9. The second kappa shape index (κ2) is 18.6. The summed E-state index contributed by atoms with van der Waals surface area (Å²) in [5.41, 5.74) is -1.32. The molecule has 0 bridgehead atoms. The van der Waals surface area contributed by atoms with Crippen molar-refractivity contribution in [1.29, 1.82) is 0 Å². The molecule has 2 rings (SSSR count). The molecule has 14 nitrogen and oxygen atoms in total. The molecule has 0 aromatic carbocycles. The van der Waals surface area contributed by atoms with Gasteiger partial charge in [0.1, 0.15) is 12.1 Å². The first kappa shape index (κ1) is 44.1. The Labute approximate surface area is 306 Å². The number of amides is 5. The molecular formula is C36H65N7O7S. The van der Waals surface area contributed by atoms with Crippen molar-refractivity contribution in [3.8, 4) is 0 Å². The highest BCUT2D eigenvalue weighted by atomic mass is 32.2. The van der Waals surface area contributed by atoms with Crippen LogP contribution in [0.5, 0.6) is 0 Å². The Balaban J connectivity index is 2.32. The zero-order valence-electron chi connectivity index (χ0n) is 32.6. The molecule has 2 heterocycles. The minimum absolute atomic E-state index is 0.0184. The number of hydrogen-bond acceptors (Lipinski definition) is 7. The van der Waals surface area contributed by atoms with E-state index in [1.54, 1.807) is 0 Å². The number of ketones is 1. The van der Waals surface area contributed by atoms with Gasteiger partial charge >= 0.3 is 6.03 Å². The molecule has 15 heteroatoms. The number of piperidine rings is 1. The Bertz CT molecular complexity index is 1350. The molecule has 0 saturated carbocycles. The maximum Gasteiger partial charge on any atom is 0.315 e. The van der Waals surface area contributed by atoms with Gasteiger partial charge in [-0.25, -0.2) is 4.79 Å². The second-order valence-corrected chi connectivity index (χ2v) is 18.5. The first-order valence-corrected chi connectivity index (χ1v) is 19.8. The predicted molar refractivity (Wildman–Crippen MR) is 199 cm³/mol. The van der Waals surface area contributed by atoms with Gasteiger partial charge in [0.15, 0.2) is 0 Å². The van der Waals surface area contributed by atoms with E-state index in [0.29, 0.717) is 25.9 Å². The van der Waals surface area contributed by atoms with Gasteiger partial charge in [0.25, 0.3) is 16.1 Å². The zero-order valence-corrected chi connectivity index (χ0v) is 33.5. The van der Waals surface area contributed by atoms with Crippen molar-refractivity contribution in [3.63, 3.8) is 0 Å². The van der Waals surface area contributed by atoms with Gasteiger partial charge in [-0.15, -0.1) is 6.58 Å². The molecule has 51 heavy (non-hydrogen) atoms. The number of hydrogen-bond donors (Lipinski definition) is 4. The van der Waals surface area contributed by atoms with Crippen LogP contribution in [0.2, 0.25) is 0 Å². The van der Waals surface area contributed by atoms with Crippen molar-refractivity contribution in [2.24, 2.45) is 22.7 Å². The fourth-order valence-corrected chi connectivity index (χ4v) is 8.10. The fraction of sp³-hybridized carbons (Fsp3) is 0.806. The van der Waals surface area contributed by atoms with Crippen LogP contribution in [-0.4, -0.2) is 115 Å². The number of rotatable bonds is 16. The van der Waals surface area contributed by atoms with Crippen LogP contribution in [0.3, 0.4) is 0 Å². The van der Waals surface area contributed by atoms with Gasteiger partial charge in [-0.1, -0.05) is 81.2 Å². The normalized spacial score (nSPS) is 20.7. The van der Waals surface area contributed by atoms with Crippen molar-refractivity contribution in [1.82, 2.24) is 34.8 Å². The van der Waals surface area contributed by atoms with Gasteiger partial charge in [-0.05, 0) is 48.3 Å². The molecule has 0 aliphatic carbocycles. The Hall–Kier alpha value is -3.04. The van der Waals surface area contributed by atoms with Crippen LogP contribution in [0.25, 0.3) is 0 Å². The van der Waals surface area contributed by atoms with E-state index < -0.39 is 74.7 Å². The summed E-state index contributed by atoms with van der Waals surface area (Å²) in [7, 11) is -2.21. The van der Waals surface area contributed by atoms with Crippen molar-refractivity contribution in [3.05, 3.63) is 12.7 Å². The van der Waals surface area contributed by atoms with Gasteiger partial charge < -0.3 is 26.2 Å². The first-order valence-electron chi connectivity index (χ1n) is 18.4. The summed E-state index contributed by atoms with van der Waals surface area (Å²) in [6, 6.07) is -4.28. The van der Waals surface area contributed by atoms with Crippen LogP contribution in [0.1, 0.15) is 101 Å². The molecule has 2 aliphatic heterocycles. The number of nitrogens with one attached hydrogen (secondary N) is 4. The van der Waals surface area contributed by atoms with E-state index in [-0.39, 0.29) is 37.9 Å². The fourth-order valence-electron chi connectivity index (χ4n) is 6.65. The van der Waals surface area contributed by atoms with E-state index in [2.05, 4.69) is 27.8 Å². The molecule has 0 aromatic rings. The second-order valence-electron chi connectivity index (χ2n) is 16.5. The lowest BCUT2D eigenvalue weighted by Crippen LogP contribution is -2.62. The monoisotopic (exact) mass is 739 g/mol. The molecule has 4 N–H and O–H groups in total. The summed E-state index contributed by atoms with van der Waals surface area (Å²) in [5, 5.41) is 11.1. The van der Waals surface area contributed by atoms with Crippen LogP contribution in [0.15, 0.2) is 12.7 Å². The van der Waals surface area contributed by atoms with E-state index >= 15 is 0 Å². The quantitative estimate of drug-likeness (QED) is 0.139. The number of nitrogens with zero attached hydrogens (tertiary/aromatic N) is 3. The standard InChI is InChI=1S/C36H65N7O7S/c1-12-17-26(29(44)32(46)37-19-13-2)38-31(45)28-25(24(3)4)18-22-43(28)33(47)30(36(8,9)10)40-34(48)39-27(35(5,6)7)23-41(11)51(49,50)42-20-15-14-16-21-42/h13,24-28,30H,2,12,14-23H2,1,3-11H3,(H,37,46)(H,38,45)(H2,39,40,48)/t25-,26?,27-,28+,30-/m1/s1. The molecule has 0 spiro atoms. The smallest absolute Gasteiger partial charge is 0.315 e. The number of carbonyl (C=O) groups excluding carboxylic acids is 5. The third kappa shape index (κ3) is 12.0. The molecule has 2 fully saturated rings. The third-order valence-electron chi connectivity index (χ3n) is 9.91. The van der Waals surface area contributed by atoms with Gasteiger partial charge in [0.2, 0.25) is 17.6 Å². The Morgan fingerprint density at radius 2 is 1.53 bits per heavy atom. The predicted octanol–water partition coefficient (Wildman–Crippen LogP) is 2.81. The summed E-state index contributed by atoms with van der Waals surface area (Å²) >= 11 is 0. The molecule has 2 aliphatic rings. The first-order chi connectivity index (χ1) is 23.6. The van der Waals surface area contributed by atoms with Crippen LogP contribution in [0, 0.1) is 22.7 Å². The Morgan fingerprint density at radius 3 is 2.04 bits per heavy atom. The molecule has 5 amide bonds. The lowest BCUT2D eigenvalue weighted by atomic mass is 9.84. The molecule has 2 saturated heterocycles. The lowest BCUT2D eigenvalue weighted by Gasteiger charge is -2.39. The van der Waals surface area contributed by atoms with Crippen LogP contribution >= 0.6 is 0 Å². The Morgan fingerprint density at radius 1 is 0.922 bits per heavy atom. The zero-order chi connectivity index (χ0) is 38.9. The number of carbonyl (C=O) groups is 5. The molecule has 0 aromatic heterocycles. The largest absolute Gasteiger partial charge is 0.346 e. The number of likely N-dealkylation sites (N-methyl/N-ethyl adjacent to an activating group) is 1. The van der Waals surface area contributed by atoms with Gasteiger partial charge in [-0.2, -0.15) is 17.0 Å². The number of Topliss-reactive ketones (excluding diaryl/α,β-unsaturated/α-hetero) is 1. The molecule has 5 atom stereocenters. The number of likely N-dealkylation sites (tertiary alicyclic amines) is 1. The van der Waals surface area contributed by atoms with E-state index in [9.17, 15) is 32.4 Å². The van der Waals surface area contributed by atoms with Crippen molar-refractivity contribution >= 4 is 39.7 Å². The summed E-state index contributed by atoms with van der Waals surface area (Å²) in [4.78, 5) is 69.1. The average Bonchev–Trinajstić information content (AvgIpc) is 3.50. The van der Waals surface area contributed by atoms with E-state index in [4.69, 9.17) is 0 Å². The lowest BCUT2D eigenvalue weighted by molar-refractivity contribution is -0.144. The maximum atomic E-state index is 14.4.